The van der Waals surface area contributed by atoms with Gasteiger partial charge in [0.15, 0.2) is 11.5 Å². The molecule has 7 nitrogen and oxygen atoms in total. The number of rotatable bonds is 1. The average molecular weight is 243 g/mol. The summed E-state index contributed by atoms with van der Waals surface area (Å²) in [6.07, 6.45) is 0. The Balaban J connectivity index is 2.67. The quantitative estimate of drug-likeness (QED) is 0.630. The Bertz CT molecular complexity index is 579. The van der Waals surface area contributed by atoms with E-state index in [2.05, 4.69) is 9.12 Å². The molecule has 0 atom stereocenters. The minimum Gasteiger partial charge on any atom is -0.504 e. The average Bonchev–Trinajstić information content (AvgIpc) is 2.14. The highest BCUT2D eigenvalue weighted by molar-refractivity contribution is 7.91. The Morgan fingerprint density at radius 1 is 1.50 bits per heavy atom. The third-order valence-corrected chi connectivity index (χ3v) is 2.97. The molecule has 0 fully saturated rings. The van der Waals surface area contributed by atoms with Gasteiger partial charge in [-0.2, -0.15) is 8.42 Å². The highest BCUT2D eigenvalue weighted by atomic mass is 32.2. The first kappa shape index (κ1) is 10.6. The van der Waals surface area contributed by atoms with Gasteiger partial charge in [-0.15, -0.1) is 4.40 Å². The minimum atomic E-state index is -3.82. The Morgan fingerprint density at radius 2 is 2.19 bits per heavy atom. The van der Waals surface area contributed by atoms with E-state index in [4.69, 9.17) is 10.5 Å². The number of amidine groups is 1. The van der Waals surface area contributed by atoms with Crippen molar-refractivity contribution in [3.8, 4) is 11.5 Å². The molecule has 0 spiro atoms. The summed E-state index contributed by atoms with van der Waals surface area (Å²) < 4.78 is 32.7. The third-order valence-electron chi connectivity index (χ3n) is 2.05. The van der Waals surface area contributed by atoms with Crippen LogP contribution in [-0.4, -0.2) is 26.5 Å². The summed E-state index contributed by atoms with van der Waals surface area (Å²) in [6, 6.07) is 2.62. The second-order valence-corrected chi connectivity index (χ2v) is 4.46. The van der Waals surface area contributed by atoms with Crippen LogP contribution >= 0.6 is 0 Å². The zero-order valence-electron chi connectivity index (χ0n) is 8.26. The molecular formula is C8H9N3O4S. The van der Waals surface area contributed by atoms with Crippen molar-refractivity contribution in [2.24, 2.45) is 10.1 Å². The fourth-order valence-corrected chi connectivity index (χ4v) is 2.22. The van der Waals surface area contributed by atoms with Crippen molar-refractivity contribution in [2.75, 3.05) is 11.8 Å². The van der Waals surface area contributed by atoms with Crippen molar-refractivity contribution in [2.45, 2.75) is 0 Å². The molecule has 1 aromatic rings. The number of nitrogens with two attached hydrogens (primary N) is 1. The van der Waals surface area contributed by atoms with Crippen LogP contribution in [0.25, 0.3) is 0 Å². The summed E-state index contributed by atoms with van der Waals surface area (Å²) in [5.74, 6) is -0.135. The minimum absolute atomic E-state index is 0.146. The normalized spacial score (nSPS) is 16.9. The molecule has 2 rings (SSSR count). The van der Waals surface area contributed by atoms with Crippen molar-refractivity contribution in [1.29, 1.82) is 0 Å². The van der Waals surface area contributed by atoms with Gasteiger partial charge in [-0.3, -0.25) is 4.72 Å². The first-order chi connectivity index (χ1) is 7.43. The van der Waals surface area contributed by atoms with Crippen molar-refractivity contribution in [3.63, 3.8) is 0 Å². The predicted octanol–water partition coefficient (Wildman–Crippen LogP) is -0.224. The van der Waals surface area contributed by atoms with Crippen molar-refractivity contribution < 1.29 is 18.3 Å². The molecule has 0 radical (unpaired) electrons. The molecule has 0 aliphatic carbocycles. The van der Waals surface area contributed by atoms with E-state index in [9.17, 15) is 13.5 Å². The number of ether oxygens (including phenoxy) is 1. The van der Waals surface area contributed by atoms with E-state index in [-0.39, 0.29) is 23.0 Å². The largest absolute Gasteiger partial charge is 0.504 e. The Hall–Kier alpha value is -1.96. The number of benzene rings is 1. The molecule has 0 aromatic heterocycles. The summed E-state index contributed by atoms with van der Waals surface area (Å²) in [5.41, 5.74) is 6.03. The number of phenolic OH excluding ortho intramolecular Hbond substituents is 1. The number of nitrogens with one attached hydrogen (secondary N) is 1. The molecule has 0 amide bonds. The molecule has 0 saturated carbocycles. The van der Waals surface area contributed by atoms with Gasteiger partial charge in [0.1, 0.15) is 5.84 Å². The van der Waals surface area contributed by atoms with Crippen LogP contribution in [0.15, 0.2) is 16.5 Å². The molecule has 86 valence electrons. The second-order valence-electron chi connectivity index (χ2n) is 3.12. The zero-order valence-corrected chi connectivity index (χ0v) is 9.08. The molecule has 0 saturated heterocycles. The molecule has 0 unspecified atom stereocenters. The van der Waals surface area contributed by atoms with Gasteiger partial charge in [0.25, 0.3) is 0 Å². The number of anilines is 1. The maximum atomic E-state index is 11.2. The smallest absolute Gasteiger partial charge is 0.344 e. The SMILES string of the molecule is COc1cc2c(cc1O)NS(=O)(=O)N=C2N. The number of nitrogens with zero attached hydrogens (tertiary/aromatic N) is 1. The molecule has 4 N–H and O–H groups in total. The number of hydrogen-bond acceptors (Lipinski definition) is 5. The second kappa shape index (κ2) is 3.27. The van der Waals surface area contributed by atoms with E-state index in [0.717, 1.165) is 0 Å². The number of phenols is 1. The van der Waals surface area contributed by atoms with Gasteiger partial charge in [0.2, 0.25) is 0 Å². The third kappa shape index (κ3) is 1.63. The van der Waals surface area contributed by atoms with E-state index in [1.807, 2.05) is 0 Å². The van der Waals surface area contributed by atoms with Gasteiger partial charge in [0, 0.05) is 11.6 Å². The summed E-state index contributed by atoms with van der Waals surface area (Å²) >= 11 is 0. The van der Waals surface area contributed by atoms with Crippen LogP contribution in [-0.2, 0) is 10.2 Å². The van der Waals surface area contributed by atoms with E-state index in [0.29, 0.717) is 5.56 Å². The highest BCUT2D eigenvalue weighted by Gasteiger charge is 2.22. The molecule has 1 aromatic carbocycles. The Labute approximate surface area is 91.7 Å². The van der Waals surface area contributed by atoms with Gasteiger partial charge >= 0.3 is 10.2 Å². The predicted molar refractivity (Wildman–Crippen MR) is 57.9 cm³/mol. The van der Waals surface area contributed by atoms with Gasteiger partial charge < -0.3 is 15.6 Å². The lowest BCUT2D eigenvalue weighted by Crippen LogP contribution is -2.26. The Kier molecular flexibility index (Phi) is 2.16. The lowest BCUT2D eigenvalue weighted by molar-refractivity contribution is 0.373. The topological polar surface area (TPSA) is 114 Å². The number of fused-ring (bicyclic) bond motifs is 1. The first-order valence-electron chi connectivity index (χ1n) is 4.22. The van der Waals surface area contributed by atoms with Crippen molar-refractivity contribution in [1.82, 2.24) is 0 Å². The fraction of sp³-hybridized carbons (Fsp3) is 0.125. The molecular weight excluding hydrogens is 234 g/mol. The summed E-state index contributed by atoms with van der Waals surface area (Å²) in [6.45, 7) is 0. The van der Waals surface area contributed by atoms with Gasteiger partial charge in [-0.05, 0) is 6.07 Å². The molecule has 0 bridgehead atoms. The number of hydrogen-bond donors (Lipinski definition) is 3. The van der Waals surface area contributed by atoms with Crippen molar-refractivity contribution >= 4 is 21.7 Å². The van der Waals surface area contributed by atoms with Crippen LogP contribution in [0.1, 0.15) is 5.56 Å². The molecule has 1 aliphatic heterocycles. The lowest BCUT2D eigenvalue weighted by atomic mass is 10.1. The van der Waals surface area contributed by atoms with Crippen LogP contribution in [0.2, 0.25) is 0 Å². The van der Waals surface area contributed by atoms with E-state index in [1.165, 1.54) is 19.2 Å². The zero-order chi connectivity index (χ0) is 11.9. The molecule has 1 heterocycles. The Morgan fingerprint density at radius 3 is 2.81 bits per heavy atom. The molecule has 1 aliphatic rings. The van der Waals surface area contributed by atoms with E-state index in [1.54, 1.807) is 0 Å². The molecule has 16 heavy (non-hydrogen) atoms. The fourth-order valence-electron chi connectivity index (χ4n) is 1.37. The van der Waals surface area contributed by atoms with Crippen LogP contribution in [0.3, 0.4) is 0 Å². The number of methoxy groups -OCH3 is 1. The monoisotopic (exact) mass is 243 g/mol. The first-order valence-corrected chi connectivity index (χ1v) is 5.66. The van der Waals surface area contributed by atoms with Crippen LogP contribution in [0.5, 0.6) is 11.5 Å². The van der Waals surface area contributed by atoms with Gasteiger partial charge in [-0.25, -0.2) is 0 Å². The maximum Gasteiger partial charge on any atom is 0.344 e. The van der Waals surface area contributed by atoms with E-state index >= 15 is 0 Å². The van der Waals surface area contributed by atoms with Crippen LogP contribution < -0.4 is 15.2 Å². The summed E-state index contributed by atoms with van der Waals surface area (Å²) in [4.78, 5) is 0. The number of aromatic hydroxyl groups is 1. The molecule has 8 heteroatoms. The van der Waals surface area contributed by atoms with Gasteiger partial charge in [0.05, 0.1) is 12.8 Å². The lowest BCUT2D eigenvalue weighted by Gasteiger charge is -2.17. The summed E-state index contributed by atoms with van der Waals surface area (Å²) in [5, 5.41) is 9.48. The standard InChI is InChI=1S/C8H9N3O4S/c1-15-7-2-4-5(3-6(7)12)10-16(13,14)11-8(4)9/h2-3,10,12H,1H3,(H2,9,11). The summed E-state index contributed by atoms with van der Waals surface area (Å²) in [7, 11) is -2.44. The van der Waals surface area contributed by atoms with E-state index < -0.39 is 10.2 Å². The maximum absolute atomic E-state index is 11.2. The van der Waals surface area contributed by atoms with Gasteiger partial charge in [-0.1, -0.05) is 0 Å². The van der Waals surface area contributed by atoms with Crippen molar-refractivity contribution in [3.05, 3.63) is 17.7 Å². The highest BCUT2D eigenvalue weighted by Crippen LogP contribution is 2.34. The van der Waals surface area contributed by atoms with Crippen LogP contribution in [0, 0.1) is 0 Å². The van der Waals surface area contributed by atoms with Crippen LogP contribution in [0.4, 0.5) is 5.69 Å².